The summed E-state index contributed by atoms with van der Waals surface area (Å²) in [6, 6.07) is 7.73. The first-order chi connectivity index (χ1) is 10.2. The fourth-order valence-electron chi connectivity index (χ4n) is 5.38. The number of anilines is 1. The minimum Gasteiger partial charge on any atom is -0.274 e. The first kappa shape index (κ1) is 12.6. The van der Waals surface area contributed by atoms with Gasteiger partial charge in [-0.3, -0.25) is 14.5 Å². The molecule has 1 saturated heterocycles. The van der Waals surface area contributed by atoms with Crippen LogP contribution >= 0.6 is 22.6 Å². The highest BCUT2D eigenvalue weighted by atomic mass is 127. The Morgan fingerprint density at radius 2 is 1.38 bits per heavy atom. The van der Waals surface area contributed by atoms with E-state index in [1.165, 1.54) is 11.3 Å². The summed E-state index contributed by atoms with van der Waals surface area (Å²) < 4.78 is 1.12. The van der Waals surface area contributed by atoms with Crippen molar-refractivity contribution in [2.75, 3.05) is 4.90 Å². The fourth-order valence-corrected chi connectivity index (χ4v) is 5.74. The molecule has 4 aliphatic carbocycles. The molecule has 5 aliphatic rings. The Balaban J connectivity index is 1.57. The molecular formula is C17H16INO2. The Morgan fingerprint density at radius 3 is 1.90 bits per heavy atom. The van der Waals surface area contributed by atoms with Crippen LogP contribution in [0.3, 0.4) is 0 Å². The smallest absolute Gasteiger partial charge is 0.237 e. The second-order valence-electron chi connectivity index (χ2n) is 7.01. The van der Waals surface area contributed by atoms with E-state index in [0.717, 1.165) is 33.9 Å². The molecule has 1 aromatic rings. The summed E-state index contributed by atoms with van der Waals surface area (Å²) in [4.78, 5) is 27.3. The minimum absolute atomic E-state index is 0.0146. The van der Waals surface area contributed by atoms with Crippen LogP contribution in [0.25, 0.3) is 0 Å². The number of fused-ring (bicyclic) bond motifs is 1. The summed E-state index contributed by atoms with van der Waals surface area (Å²) in [6.07, 6.45) is 3.59. The van der Waals surface area contributed by atoms with E-state index in [9.17, 15) is 9.59 Å². The number of carbonyl (C=O) groups is 2. The molecule has 4 heteroatoms. The van der Waals surface area contributed by atoms with Gasteiger partial charge < -0.3 is 0 Å². The SMILES string of the molecule is O=C1[C@@H]2[C@@H]3CC[C@@H]([C@H]4C[C@H]43)[C@@H]2C(=O)N1c1ccc(I)cc1. The van der Waals surface area contributed by atoms with Crippen LogP contribution in [0.1, 0.15) is 19.3 Å². The third kappa shape index (κ3) is 1.54. The van der Waals surface area contributed by atoms with Crippen LogP contribution in [0.4, 0.5) is 5.69 Å². The molecule has 5 fully saturated rings. The summed E-state index contributed by atoms with van der Waals surface area (Å²) >= 11 is 2.24. The largest absolute Gasteiger partial charge is 0.274 e. The van der Waals surface area contributed by atoms with Gasteiger partial charge in [0.25, 0.3) is 0 Å². The van der Waals surface area contributed by atoms with Gasteiger partial charge in [0.1, 0.15) is 0 Å². The zero-order chi connectivity index (χ0) is 14.3. The Morgan fingerprint density at radius 1 is 0.857 bits per heavy atom. The van der Waals surface area contributed by atoms with Crippen LogP contribution in [-0.4, -0.2) is 11.8 Å². The zero-order valence-electron chi connectivity index (χ0n) is 11.5. The number of halogens is 1. The molecule has 0 spiro atoms. The van der Waals surface area contributed by atoms with Gasteiger partial charge in [0, 0.05) is 3.57 Å². The number of hydrogen-bond donors (Lipinski definition) is 0. The molecule has 2 amide bonds. The van der Waals surface area contributed by atoms with Gasteiger partial charge in [-0.2, -0.15) is 0 Å². The number of benzene rings is 1. The minimum atomic E-state index is -0.0146. The molecule has 2 bridgehead atoms. The van der Waals surface area contributed by atoms with E-state index in [-0.39, 0.29) is 23.7 Å². The monoisotopic (exact) mass is 393 g/mol. The van der Waals surface area contributed by atoms with Crippen molar-refractivity contribution in [1.29, 1.82) is 0 Å². The predicted molar refractivity (Wildman–Crippen MR) is 86.4 cm³/mol. The molecule has 4 saturated carbocycles. The van der Waals surface area contributed by atoms with Gasteiger partial charge in [-0.25, -0.2) is 0 Å². The van der Waals surface area contributed by atoms with E-state index >= 15 is 0 Å². The van der Waals surface area contributed by atoms with E-state index in [4.69, 9.17) is 0 Å². The molecule has 1 aromatic carbocycles. The molecule has 21 heavy (non-hydrogen) atoms. The highest BCUT2D eigenvalue weighted by Gasteiger charge is 2.68. The highest BCUT2D eigenvalue weighted by molar-refractivity contribution is 14.1. The number of rotatable bonds is 1. The average Bonchev–Trinajstić information content (AvgIpc) is 3.26. The summed E-state index contributed by atoms with van der Waals surface area (Å²) in [5, 5.41) is 0. The second kappa shape index (κ2) is 4.09. The molecular weight excluding hydrogens is 377 g/mol. The van der Waals surface area contributed by atoms with Gasteiger partial charge in [-0.15, -0.1) is 0 Å². The van der Waals surface area contributed by atoms with Crippen LogP contribution in [0.2, 0.25) is 0 Å². The predicted octanol–water partition coefficient (Wildman–Crippen LogP) is 3.07. The average molecular weight is 393 g/mol. The van der Waals surface area contributed by atoms with Crippen molar-refractivity contribution in [2.24, 2.45) is 35.5 Å². The number of imide groups is 1. The molecule has 3 nitrogen and oxygen atoms in total. The summed E-state index contributed by atoms with van der Waals surface area (Å²) in [5.74, 6) is 2.58. The van der Waals surface area contributed by atoms with Crippen LogP contribution in [0, 0.1) is 39.1 Å². The van der Waals surface area contributed by atoms with Gasteiger partial charge >= 0.3 is 0 Å². The van der Waals surface area contributed by atoms with E-state index in [0.29, 0.717) is 11.8 Å². The molecule has 1 aliphatic heterocycles. The lowest BCUT2D eigenvalue weighted by atomic mass is 9.59. The van der Waals surface area contributed by atoms with Crippen LogP contribution in [-0.2, 0) is 9.59 Å². The number of nitrogens with zero attached hydrogens (tertiary/aromatic N) is 1. The van der Waals surface area contributed by atoms with Gasteiger partial charge in [0.05, 0.1) is 17.5 Å². The lowest BCUT2D eigenvalue weighted by molar-refractivity contribution is -0.129. The van der Waals surface area contributed by atoms with E-state index in [1.807, 2.05) is 24.3 Å². The molecule has 0 aromatic heterocycles. The van der Waals surface area contributed by atoms with Gasteiger partial charge in [-0.05, 0) is 89.8 Å². The van der Waals surface area contributed by atoms with Crippen molar-refractivity contribution in [3.8, 4) is 0 Å². The van der Waals surface area contributed by atoms with E-state index in [1.54, 1.807) is 0 Å². The maximum absolute atomic E-state index is 12.9. The third-order valence-corrected chi connectivity index (χ3v) is 6.95. The zero-order valence-corrected chi connectivity index (χ0v) is 13.7. The van der Waals surface area contributed by atoms with Crippen molar-refractivity contribution in [3.05, 3.63) is 27.8 Å². The molecule has 6 atom stereocenters. The Bertz CT molecular complexity index is 621. The van der Waals surface area contributed by atoms with Crippen molar-refractivity contribution in [3.63, 3.8) is 0 Å². The maximum atomic E-state index is 12.9. The molecule has 1 heterocycles. The molecule has 108 valence electrons. The third-order valence-electron chi connectivity index (χ3n) is 6.23. The van der Waals surface area contributed by atoms with Gasteiger partial charge in [-0.1, -0.05) is 0 Å². The quantitative estimate of drug-likeness (QED) is 0.543. The Kier molecular flexibility index (Phi) is 2.46. The summed E-state index contributed by atoms with van der Waals surface area (Å²) in [7, 11) is 0. The van der Waals surface area contributed by atoms with Crippen molar-refractivity contribution in [1.82, 2.24) is 0 Å². The fraction of sp³-hybridized carbons (Fsp3) is 0.529. The Hall–Kier alpha value is -0.910. The van der Waals surface area contributed by atoms with Gasteiger partial charge in [0.15, 0.2) is 0 Å². The van der Waals surface area contributed by atoms with Crippen LogP contribution < -0.4 is 4.90 Å². The normalized spacial score (nSPS) is 43.0. The standard InChI is InChI=1S/C17H16INO2/c18-8-1-3-9(4-2-8)19-16(20)14-10-5-6-11(13-7-12(10)13)15(14)17(19)21/h1-4,10-15H,5-7H2/t10-,11+,12+,13-,14-,15+. The van der Waals surface area contributed by atoms with Gasteiger partial charge in [0.2, 0.25) is 11.8 Å². The number of amides is 2. The van der Waals surface area contributed by atoms with Crippen molar-refractivity contribution >= 4 is 40.1 Å². The van der Waals surface area contributed by atoms with E-state index < -0.39 is 0 Å². The number of carbonyl (C=O) groups excluding carboxylic acids is 2. The lowest BCUT2D eigenvalue weighted by Crippen LogP contribution is -2.43. The summed E-state index contributed by atoms with van der Waals surface area (Å²) in [5.41, 5.74) is 0.757. The first-order valence-electron chi connectivity index (χ1n) is 7.80. The van der Waals surface area contributed by atoms with E-state index in [2.05, 4.69) is 22.6 Å². The molecule has 0 unspecified atom stereocenters. The van der Waals surface area contributed by atoms with Crippen LogP contribution in [0.5, 0.6) is 0 Å². The summed E-state index contributed by atoms with van der Waals surface area (Å²) in [6.45, 7) is 0. The lowest BCUT2D eigenvalue weighted by Gasteiger charge is -2.42. The number of hydrogen-bond acceptors (Lipinski definition) is 2. The topological polar surface area (TPSA) is 37.4 Å². The van der Waals surface area contributed by atoms with Crippen molar-refractivity contribution in [2.45, 2.75) is 19.3 Å². The molecule has 0 N–H and O–H groups in total. The Labute approximate surface area is 137 Å². The van der Waals surface area contributed by atoms with Crippen LogP contribution in [0.15, 0.2) is 24.3 Å². The maximum Gasteiger partial charge on any atom is 0.237 e. The molecule has 0 radical (unpaired) electrons. The first-order valence-corrected chi connectivity index (χ1v) is 8.88. The van der Waals surface area contributed by atoms with Crippen molar-refractivity contribution < 1.29 is 9.59 Å². The second-order valence-corrected chi connectivity index (χ2v) is 8.25. The highest BCUT2D eigenvalue weighted by Crippen LogP contribution is 2.68. The molecule has 6 rings (SSSR count).